The Labute approximate surface area is 168 Å². The average molecular weight is 399 g/mol. The maximum atomic E-state index is 12.2. The van der Waals surface area contributed by atoms with Gasteiger partial charge in [-0.05, 0) is 50.8 Å². The van der Waals surface area contributed by atoms with Crippen LogP contribution in [0.5, 0.6) is 5.75 Å². The van der Waals surface area contributed by atoms with Crippen LogP contribution < -0.4 is 20.0 Å². The Bertz CT molecular complexity index is 922. The van der Waals surface area contributed by atoms with Gasteiger partial charge in [-0.1, -0.05) is 0 Å². The first-order chi connectivity index (χ1) is 13.9. The number of anilines is 2. The molecule has 5 rings (SSSR count). The van der Waals surface area contributed by atoms with Gasteiger partial charge in [-0.3, -0.25) is 4.79 Å². The Balaban J connectivity index is 1.48. The van der Waals surface area contributed by atoms with Crippen molar-refractivity contribution in [3.8, 4) is 5.75 Å². The highest BCUT2D eigenvalue weighted by molar-refractivity contribution is 6.09. The molecule has 1 atom stereocenters. The highest BCUT2D eigenvalue weighted by atomic mass is 16.5. The molecule has 29 heavy (non-hydrogen) atoms. The fourth-order valence-electron chi connectivity index (χ4n) is 5.00. The number of piperidine rings is 1. The monoisotopic (exact) mass is 399 g/mol. The van der Waals surface area contributed by atoms with Crippen molar-refractivity contribution in [2.45, 2.75) is 44.7 Å². The number of amides is 2. The minimum atomic E-state index is -0.836. The van der Waals surface area contributed by atoms with Gasteiger partial charge in [-0.2, -0.15) is 5.10 Å². The summed E-state index contributed by atoms with van der Waals surface area (Å²) in [7, 11) is 0. The second kappa shape index (κ2) is 6.27. The van der Waals surface area contributed by atoms with Crippen LogP contribution in [0, 0.1) is 6.92 Å². The number of benzene rings is 1. The number of nitrogens with zero attached hydrogens (tertiary/aromatic N) is 4. The quantitative estimate of drug-likeness (QED) is 0.747. The van der Waals surface area contributed by atoms with Crippen molar-refractivity contribution in [1.82, 2.24) is 10.3 Å². The minimum Gasteiger partial charge on any atom is -0.483 e. The van der Waals surface area contributed by atoms with Crippen molar-refractivity contribution in [3.05, 3.63) is 17.7 Å². The highest BCUT2D eigenvalue weighted by Gasteiger charge is 2.48. The summed E-state index contributed by atoms with van der Waals surface area (Å²) in [5, 5.41) is 13.4. The van der Waals surface area contributed by atoms with E-state index in [1.165, 1.54) is 4.90 Å². The number of amidine groups is 1. The predicted molar refractivity (Wildman–Crippen MR) is 108 cm³/mol. The summed E-state index contributed by atoms with van der Waals surface area (Å²) in [5.74, 6) is 1.33. The van der Waals surface area contributed by atoms with Crippen LogP contribution in [0.3, 0.4) is 0 Å². The molecule has 1 aromatic carbocycles. The molecule has 1 aromatic rings. The zero-order chi connectivity index (χ0) is 20.3. The van der Waals surface area contributed by atoms with Gasteiger partial charge in [0.2, 0.25) is 0 Å². The van der Waals surface area contributed by atoms with Crippen LogP contribution in [0.15, 0.2) is 17.2 Å². The van der Waals surface area contributed by atoms with Crippen LogP contribution in [0.4, 0.5) is 16.2 Å². The largest absolute Gasteiger partial charge is 0.483 e. The number of aryl methyl sites for hydroxylation is 1. The van der Waals surface area contributed by atoms with Gasteiger partial charge < -0.3 is 24.5 Å². The third kappa shape index (κ3) is 2.63. The molecule has 0 radical (unpaired) electrons. The van der Waals surface area contributed by atoms with E-state index < -0.39 is 6.09 Å². The molecule has 2 amide bonds. The lowest BCUT2D eigenvalue weighted by molar-refractivity contribution is -0.122. The van der Waals surface area contributed by atoms with Crippen molar-refractivity contribution in [1.29, 1.82) is 0 Å². The zero-order valence-electron chi connectivity index (χ0n) is 16.6. The SMILES string of the molecule is Cc1cc2c(cc1N1CCC13CCN(C(=O)O)CC3)N1C(=NNC(=O)C1C)CO2. The summed E-state index contributed by atoms with van der Waals surface area (Å²) in [6, 6.07) is 3.79. The fraction of sp³-hybridized carbons (Fsp3) is 0.550. The van der Waals surface area contributed by atoms with Gasteiger partial charge in [0.05, 0.1) is 5.69 Å². The summed E-state index contributed by atoms with van der Waals surface area (Å²) in [5.41, 5.74) is 5.69. The Morgan fingerprint density at radius 1 is 1.24 bits per heavy atom. The van der Waals surface area contributed by atoms with E-state index in [0.717, 1.165) is 48.5 Å². The van der Waals surface area contributed by atoms with Crippen LogP contribution in [0.25, 0.3) is 0 Å². The third-order valence-electron chi connectivity index (χ3n) is 6.86. The lowest BCUT2D eigenvalue weighted by Gasteiger charge is -2.58. The van der Waals surface area contributed by atoms with Gasteiger partial charge in [-0.15, -0.1) is 0 Å². The molecule has 0 aromatic heterocycles. The third-order valence-corrected chi connectivity index (χ3v) is 6.86. The maximum Gasteiger partial charge on any atom is 0.407 e. The number of hydrogen-bond donors (Lipinski definition) is 2. The molecule has 1 unspecified atom stereocenters. The summed E-state index contributed by atoms with van der Waals surface area (Å²) >= 11 is 0. The van der Waals surface area contributed by atoms with E-state index in [0.29, 0.717) is 25.5 Å². The van der Waals surface area contributed by atoms with E-state index in [9.17, 15) is 14.7 Å². The molecule has 4 heterocycles. The lowest BCUT2D eigenvalue weighted by Crippen LogP contribution is -2.65. The van der Waals surface area contributed by atoms with Crippen molar-refractivity contribution < 1.29 is 19.4 Å². The summed E-state index contributed by atoms with van der Waals surface area (Å²) in [6.07, 6.45) is 1.91. The molecule has 9 heteroatoms. The molecular weight excluding hydrogens is 374 g/mol. The molecule has 2 N–H and O–H groups in total. The first-order valence-electron chi connectivity index (χ1n) is 10.1. The van der Waals surface area contributed by atoms with Gasteiger partial charge >= 0.3 is 6.09 Å². The summed E-state index contributed by atoms with van der Waals surface area (Å²) < 4.78 is 5.91. The molecule has 9 nitrogen and oxygen atoms in total. The molecule has 0 bridgehead atoms. The number of nitrogens with one attached hydrogen (secondary N) is 1. The van der Waals surface area contributed by atoms with E-state index in [-0.39, 0.29) is 17.5 Å². The number of carboxylic acid groups (broad SMARTS) is 1. The number of hydrogen-bond acceptors (Lipinski definition) is 6. The second-order valence-corrected chi connectivity index (χ2v) is 8.34. The van der Waals surface area contributed by atoms with Crippen LogP contribution in [0.1, 0.15) is 31.7 Å². The number of hydrazone groups is 1. The zero-order valence-corrected chi connectivity index (χ0v) is 16.6. The summed E-state index contributed by atoms with van der Waals surface area (Å²) in [4.78, 5) is 29.3. The van der Waals surface area contributed by atoms with Gasteiger partial charge in [0.15, 0.2) is 5.84 Å². The van der Waals surface area contributed by atoms with Crippen LogP contribution in [-0.2, 0) is 4.79 Å². The Kier molecular flexibility index (Phi) is 3.91. The maximum absolute atomic E-state index is 12.2. The summed E-state index contributed by atoms with van der Waals surface area (Å²) in [6.45, 7) is 6.36. The van der Waals surface area contributed by atoms with Crippen molar-refractivity contribution in [3.63, 3.8) is 0 Å². The highest BCUT2D eigenvalue weighted by Crippen LogP contribution is 2.47. The first kappa shape index (κ1) is 18.1. The van der Waals surface area contributed by atoms with Crippen molar-refractivity contribution in [2.24, 2.45) is 5.10 Å². The molecule has 0 saturated carbocycles. The van der Waals surface area contributed by atoms with E-state index in [1.807, 2.05) is 17.9 Å². The van der Waals surface area contributed by atoms with Crippen molar-refractivity contribution in [2.75, 3.05) is 36.0 Å². The first-order valence-corrected chi connectivity index (χ1v) is 10.1. The molecule has 2 saturated heterocycles. The molecular formula is C20H25N5O4. The van der Waals surface area contributed by atoms with Crippen LogP contribution in [-0.4, -0.2) is 65.7 Å². The van der Waals surface area contributed by atoms with Crippen molar-refractivity contribution >= 4 is 29.2 Å². The van der Waals surface area contributed by atoms with Gasteiger partial charge in [0.25, 0.3) is 5.91 Å². The smallest absolute Gasteiger partial charge is 0.407 e. The van der Waals surface area contributed by atoms with E-state index >= 15 is 0 Å². The van der Waals surface area contributed by atoms with Crippen LogP contribution >= 0.6 is 0 Å². The Morgan fingerprint density at radius 2 is 1.97 bits per heavy atom. The molecule has 0 aliphatic carbocycles. The van der Waals surface area contributed by atoms with E-state index in [1.54, 1.807) is 0 Å². The van der Waals surface area contributed by atoms with Crippen LogP contribution in [0.2, 0.25) is 0 Å². The molecule has 1 spiro atoms. The molecule has 4 aliphatic heterocycles. The Morgan fingerprint density at radius 3 is 2.62 bits per heavy atom. The standard InChI is InChI=1S/C20H25N5O4/c1-12-9-16-15(25-13(2)18(26)22-21-17(25)11-29-16)10-14(12)24-8-5-20(24)3-6-23(7-4-20)19(27)28/h9-10,13H,3-8,11H2,1-2H3,(H,22,26)(H,27,28). The number of ether oxygens (including phenoxy) is 1. The molecule has 4 aliphatic rings. The number of fused-ring (bicyclic) bond motifs is 3. The number of carbonyl (C=O) groups excluding carboxylic acids is 1. The molecule has 154 valence electrons. The van der Waals surface area contributed by atoms with Gasteiger partial charge in [-0.25, -0.2) is 10.2 Å². The topological polar surface area (TPSA) is 97.7 Å². The second-order valence-electron chi connectivity index (χ2n) is 8.34. The average Bonchev–Trinajstić information content (AvgIpc) is 2.70. The number of rotatable bonds is 1. The molecule has 2 fully saturated rings. The Hall–Kier alpha value is -2.97. The number of likely N-dealkylation sites (tertiary alicyclic amines) is 1. The van der Waals surface area contributed by atoms with Gasteiger partial charge in [0.1, 0.15) is 18.4 Å². The predicted octanol–water partition coefficient (Wildman–Crippen LogP) is 1.75. The normalized spacial score (nSPS) is 24.8. The fourth-order valence-corrected chi connectivity index (χ4v) is 5.00. The number of carbonyl (C=O) groups is 2. The van der Waals surface area contributed by atoms with E-state index in [2.05, 4.69) is 28.4 Å². The lowest BCUT2D eigenvalue weighted by atomic mass is 9.75. The van der Waals surface area contributed by atoms with Gasteiger partial charge in [0, 0.05) is 30.9 Å². The minimum absolute atomic E-state index is 0.0161. The van der Waals surface area contributed by atoms with E-state index in [4.69, 9.17) is 4.74 Å².